The van der Waals surface area contributed by atoms with Gasteiger partial charge in [0, 0.05) is 23.4 Å². The van der Waals surface area contributed by atoms with Crippen molar-refractivity contribution in [3.05, 3.63) is 28.8 Å². The van der Waals surface area contributed by atoms with Gasteiger partial charge >= 0.3 is 0 Å². The minimum atomic E-state index is -0.181. The number of nitrogens with one attached hydrogen (secondary N) is 1. The maximum atomic E-state index is 12.0. The standard InChI is InChI=1S/C13H19ClN2O2/c1-3-4-12(8-18-2)16-13(17)9-5-10(14)7-11(15)6-9/h5-7,12H,3-4,8,15H2,1-2H3,(H,16,17). The van der Waals surface area contributed by atoms with Crippen molar-refractivity contribution in [3.63, 3.8) is 0 Å². The zero-order valence-corrected chi connectivity index (χ0v) is 11.5. The molecule has 18 heavy (non-hydrogen) atoms. The van der Waals surface area contributed by atoms with E-state index in [2.05, 4.69) is 12.2 Å². The SMILES string of the molecule is CCCC(COC)NC(=O)c1cc(N)cc(Cl)c1. The number of ether oxygens (including phenoxy) is 1. The lowest BCUT2D eigenvalue weighted by atomic mass is 10.1. The Morgan fingerprint density at radius 3 is 2.78 bits per heavy atom. The summed E-state index contributed by atoms with van der Waals surface area (Å²) in [6, 6.07) is 4.82. The van der Waals surface area contributed by atoms with Gasteiger partial charge in [-0.1, -0.05) is 24.9 Å². The molecule has 4 nitrogen and oxygen atoms in total. The maximum Gasteiger partial charge on any atom is 0.251 e. The summed E-state index contributed by atoms with van der Waals surface area (Å²) >= 11 is 5.87. The number of nitrogen functional groups attached to an aromatic ring is 1. The molecule has 100 valence electrons. The number of hydrogen-bond donors (Lipinski definition) is 2. The van der Waals surface area contributed by atoms with Crippen molar-refractivity contribution in [1.29, 1.82) is 0 Å². The highest BCUT2D eigenvalue weighted by atomic mass is 35.5. The van der Waals surface area contributed by atoms with Gasteiger partial charge in [0.2, 0.25) is 0 Å². The second kappa shape index (κ2) is 7.24. The van der Waals surface area contributed by atoms with Crippen LogP contribution in [0, 0.1) is 0 Å². The largest absolute Gasteiger partial charge is 0.399 e. The summed E-state index contributed by atoms with van der Waals surface area (Å²) in [4.78, 5) is 12.0. The summed E-state index contributed by atoms with van der Waals surface area (Å²) in [6.07, 6.45) is 1.85. The molecule has 0 aliphatic rings. The van der Waals surface area contributed by atoms with Crippen LogP contribution in [0.2, 0.25) is 5.02 Å². The molecule has 1 aromatic carbocycles. The molecule has 0 aliphatic heterocycles. The van der Waals surface area contributed by atoms with Gasteiger partial charge in [0.25, 0.3) is 5.91 Å². The van der Waals surface area contributed by atoms with Crippen LogP contribution in [0.1, 0.15) is 30.1 Å². The minimum absolute atomic E-state index is 0.00714. The highest BCUT2D eigenvalue weighted by Gasteiger charge is 2.13. The Bertz CT molecular complexity index is 384. The molecule has 0 fully saturated rings. The van der Waals surface area contributed by atoms with E-state index in [0.717, 1.165) is 12.8 Å². The average molecular weight is 271 g/mol. The molecule has 5 heteroatoms. The van der Waals surface area contributed by atoms with Crippen LogP contribution >= 0.6 is 11.6 Å². The maximum absolute atomic E-state index is 12.0. The van der Waals surface area contributed by atoms with Crippen LogP contribution in [0.4, 0.5) is 5.69 Å². The highest BCUT2D eigenvalue weighted by Crippen LogP contribution is 2.16. The van der Waals surface area contributed by atoms with E-state index in [1.807, 2.05) is 0 Å². The number of carbonyl (C=O) groups excluding carboxylic acids is 1. The summed E-state index contributed by atoms with van der Waals surface area (Å²) in [5.74, 6) is -0.181. The molecule has 0 aliphatic carbocycles. The van der Waals surface area contributed by atoms with Crippen LogP contribution < -0.4 is 11.1 Å². The van der Waals surface area contributed by atoms with Gasteiger partial charge in [0.1, 0.15) is 0 Å². The molecule has 1 atom stereocenters. The number of rotatable bonds is 6. The first-order valence-electron chi connectivity index (χ1n) is 5.92. The number of carbonyl (C=O) groups is 1. The van der Waals surface area contributed by atoms with Crippen LogP contribution in [-0.4, -0.2) is 25.7 Å². The molecule has 1 aromatic rings. The summed E-state index contributed by atoms with van der Waals surface area (Å²) in [6.45, 7) is 2.56. The quantitative estimate of drug-likeness (QED) is 0.781. The minimum Gasteiger partial charge on any atom is -0.399 e. The molecule has 0 aromatic heterocycles. The lowest BCUT2D eigenvalue weighted by molar-refractivity contribution is 0.0891. The van der Waals surface area contributed by atoms with Crippen LogP contribution in [0.15, 0.2) is 18.2 Å². The van der Waals surface area contributed by atoms with Crippen LogP contribution in [0.25, 0.3) is 0 Å². The fourth-order valence-corrected chi connectivity index (χ4v) is 2.00. The van der Waals surface area contributed by atoms with Crippen molar-refractivity contribution >= 4 is 23.2 Å². The number of hydrogen-bond acceptors (Lipinski definition) is 3. The number of benzene rings is 1. The number of methoxy groups -OCH3 is 1. The monoisotopic (exact) mass is 270 g/mol. The summed E-state index contributed by atoms with van der Waals surface area (Å²) in [7, 11) is 1.62. The molecule has 1 rings (SSSR count). The Balaban J connectivity index is 2.73. The fourth-order valence-electron chi connectivity index (χ4n) is 1.76. The Morgan fingerprint density at radius 2 is 2.22 bits per heavy atom. The molecule has 0 heterocycles. The van der Waals surface area contributed by atoms with E-state index in [9.17, 15) is 4.79 Å². The van der Waals surface area contributed by atoms with Gasteiger partial charge in [-0.05, 0) is 24.6 Å². The fraction of sp³-hybridized carbons (Fsp3) is 0.462. The zero-order chi connectivity index (χ0) is 13.5. The van der Waals surface area contributed by atoms with Gasteiger partial charge < -0.3 is 15.8 Å². The van der Waals surface area contributed by atoms with Crippen molar-refractivity contribution in [3.8, 4) is 0 Å². The molecule has 0 spiro atoms. The third kappa shape index (κ3) is 4.55. The number of nitrogens with two attached hydrogens (primary N) is 1. The van der Waals surface area contributed by atoms with Gasteiger partial charge in [-0.15, -0.1) is 0 Å². The van der Waals surface area contributed by atoms with Crippen molar-refractivity contribution in [1.82, 2.24) is 5.32 Å². The molecule has 0 radical (unpaired) electrons. The van der Waals surface area contributed by atoms with E-state index in [-0.39, 0.29) is 11.9 Å². The molecule has 1 unspecified atom stereocenters. The Labute approximate surface area is 112 Å². The van der Waals surface area contributed by atoms with E-state index < -0.39 is 0 Å². The van der Waals surface area contributed by atoms with Crippen LogP contribution in [0.5, 0.6) is 0 Å². The third-order valence-electron chi connectivity index (χ3n) is 2.52. The lowest BCUT2D eigenvalue weighted by Gasteiger charge is -2.17. The summed E-state index contributed by atoms with van der Waals surface area (Å²) in [5.41, 5.74) is 6.60. The number of anilines is 1. The normalized spacial score (nSPS) is 12.2. The predicted molar refractivity (Wildman–Crippen MR) is 73.9 cm³/mol. The van der Waals surface area contributed by atoms with Gasteiger partial charge in [-0.3, -0.25) is 4.79 Å². The van der Waals surface area contributed by atoms with E-state index in [1.54, 1.807) is 25.3 Å². The number of halogens is 1. The van der Waals surface area contributed by atoms with E-state index >= 15 is 0 Å². The highest BCUT2D eigenvalue weighted by molar-refractivity contribution is 6.31. The van der Waals surface area contributed by atoms with Crippen LogP contribution in [-0.2, 0) is 4.74 Å². The van der Waals surface area contributed by atoms with Gasteiger partial charge in [-0.25, -0.2) is 0 Å². The van der Waals surface area contributed by atoms with Crippen molar-refractivity contribution in [2.75, 3.05) is 19.5 Å². The Hall–Kier alpha value is -1.26. The molecule has 0 bridgehead atoms. The first-order valence-corrected chi connectivity index (χ1v) is 6.30. The lowest BCUT2D eigenvalue weighted by Crippen LogP contribution is -2.37. The van der Waals surface area contributed by atoms with E-state index in [1.165, 1.54) is 0 Å². The molecular weight excluding hydrogens is 252 g/mol. The molecule has 0 saturated carbocycles. The average Bonchev–Trinajstić information content (AvgIpc) is 2.28. The topological polar surface area (TPSA) is 64.3 Å². The van der Waals surface area contributed by atoms with Gasteiger partial charge in [0.15, 0.2) is 0 Å². The summed E-state index contributed by atoms with van der Waals surface area (Å²) < 4.78 is 5.08. The Morgan fingerprint density at radius 1 is 1.50 bits per heavy atom. The number of amides is 1. The summed E-state index contributed by atoms with van der Waals surface area (Å²) in [5, 5.41) is 3.37. The second-order valence-electron chi connectivity index (χ2n) is 4.19. The molecular formula is C13H19ClN2O2. The Kier molecular flexibility index (Phi) is 5.95. The van der Waals surface area contributed by atoms with Gasteiger partial charge in [-0.2, -0.15) is 0 Å². The van der Waals surface area contributed by atoms with E-state index in [0.29, 0.717) is 22.9 Å². The molecule has 3 N–H and O–H groups in total. The van der Waals surface area contributed by atoms with Crippen molar-refractivity contribution in [2.45, 2.75) is 25.8 Å². The van der Waals surface area contributed by atoms with Crippen LogP contribution in [0.3, 0.4) is 0 Å². The third-order valence-corrected chi connectivity index (χ3v) is 2.74. The van der Waals surface area contributed by atoms with Gasteiger partial charge in [0.05, 0.1) is 12.6 Å². The van der Waals surface area contributed by atoms with Crippen molar-refractivity contribution < 1.29 is 9.53 Å². The smallest absolute Gasteiger partial charge is 0.251 e. The molecule has 1 amide bonds. The molecule has 0 saturated heterocycles. The predicted octanol–water partition coefficient (Wildman–Crippen LogP) is 2.47. The van der Waals surface area contributed by atoms with Crippen molar-refractivity contribution in [2.24, 2.45) is 0 Å². The second-order valence-corrected chi connectivity index (χ2v) is 4.62. The zero-order valence-electron chi connectivity index (χ0n) is 10.7. The van der Waals surface area contributed by atoms with E-state index in [4.69, 9.17) is 22.1 Å². The first kappa shape index (κ1) is 14.8. The first-order chi connectivity index (χ1) is 8.56.